The Balaban J connectivity index is 2.21. The van der Waals surface area contributed by atoms with Gasteiger partial charge >= 0.3 is 0 Å². The van der Waals surface area contributed by atoms with Gasteiger partial charge in [0.25, 0.3) is 0 Å². The number of aryl methyl sites for hydroxylation is 3. The molecule has 0 aromatic carbocycles. The Morgan fingerprint density at radius 1 is 1.35 bits per heavy atom. The van der Waals surface area contributed by atoms with Crippen LogP contribution in [-0.2, 0) is 19.4 Å². The molecule has 0 radical (unpaired) electrons. The predicted molar refractivity (Wildman–Crippen MR) is 84.3 cm³/mol. The van der Waals surface area contributed by atoms with Crippen LogP contribution in [0.2, 0.25) is 0 Å². The lowest BCUT2D eigenvalue weighted by Crippen LogP contribution is -2.23. The van der Waals surface area contributed by atoms with Gasteiger partial charge in [-0.3, -0.25) is 4.68 Å². The van der Waals surface area contributed by atoms with E-state index < -0.39 is 0 Å². The highest BCUT2D eigenvalue weighted by Gasteiger charge is 2.17. The molecule has 1 atom stereocenters. The van der Waals surface area contributed by atoms with E-state index >= 15 is 0 Å². The average molecular weight is 292 g/mol. The van der Waals surface area contributed by atoms with Gasteiger partial charge in [-0.2, -0.15) is 5.10 Å². The quantitative estimate of drug-likeness (QED) is 0.852. The Kier molecular flexibility index (Phi) is 5.31. The smallest absolute Gasteiger partial charge is 0.0897 e. The van der Waals surface area contributed by atoms with Crippen LogP contribution >= 0.6 is 11.3 Å². The summed E-state index contributed by atoms with van der Waals surface area (Å²) in [4.78, 5) is 5.69. The molecule has 0 saturated carbocycles. The van der Waals surface area contributed by atoms with Crippen LogP contribution in [0.5, 0.6) is 0 Å². The molecule has 2 heterocycles. The molecular formula is C15H24N4S. The lowest BCUT2D eigenvalue weighted by Gasteiger charge is -2.16. The van der Waals surface area contributed by atoms with Crippen LogP contribution in [0.25, 0.3) is 0 Å². The molecule has 0 aliphatic heterocycles. The minimum atomic E-state index is 0.331. The van der Waals surface area contributed by atoms with E-state index in [2.05, 4.69) is 53.8 Å². The summed E-state index contributed by atoms with van der Waals surface area (Å²) >= 11 is 1.78. The van der Waals surface area contributed by atoms with Crippen LogP contribution in [0.1, 0.15) is 48.1 Å². The molecule has 1 unspecified atom stereocenters. The van der Waals surface area contributed by atoms with Crippen LogP contribution in [0.3, 0.4) is 0 Å². The first-order valence-corrected chi connectivity index (χ1v) is 8.20. The van der Waals surface area contributed by atoms with Crippen LogP contribution in [0.4, 0.5) is 0 Å². The molecule has 0 spiro atoms. The third kappa shape index (κ3) is 3.46. The third-order valence-corrected chi connectivity index (χ3v) is 4.45. The van der Waals surface area contributed by atoms with Crippen LogP contribution in [-0.4, -0.2) is 21.3 Å². The van der Waals surface area contributed by atoms with E-state index in [1.54, 1.807) is 11.3 Å². The van der Waals surface area contributed by atoms with Gasteiger partial charge in [-0.15, -0.1) is 11.3 Å². The molecule has 5 heteroatoms. The molecule has 2 aromatic rings. The fourth-order valence-electron chi connectivity index (χ4n) is 2.39. The first-order valence-electron chi connectivity index (χ1n) is 7.39. The maximum atomic E-state index is 4.64. The molecule has 0 saturated heterocycles. The number of rotatable bonds is 7. The lowest BCUT2D eigenvalue weighted by atomic mass is 10.1. The van der Waals surface area contributed by atoms with Gasteiger partial charge in [0.1, 0.15) is 0 Å². The standard InChI is InChI=1S/C15H24N4S/c1-5-12-8-13(19(7-3)18-12)9-14(16-6-2)15-10-17-11(4)20-15/h8,10,14,16H,5-7,9H2,1-4H3. The second kappa shape index (κ2) is 6.99. The van der Waals surface area contributed by atoms with E-state index in [4.69, 9.17) is 0 Å². The maximum absolute atomic E-state index is 4.64. The van der Waals surface area contributed by atoms with Crippen LogP contribution in [0, 0.1) is 6.92 Å². The van der Waals surface area contributed by atoms with Gasteiger partial charge in [0.2, 0.25) is 0 Å². The Morgan fingerprint density at radius 2 is 2.15 bits per heavy atom. The number of hydrogen-bond donors (Lipinski definition) is 1. The van der Waals surface area contributed by atoms with E-state index in [1.807, 2.05) is 6.20 Å². The third-order valence-electron chi connectivity index (χ3n) is 3.42. The number of thiazole rings is 1. The molecule has 0 fully saturated rings. The second-order valence-electron chi connectivity index (χ2n) is 4.89. The zero-order valence-electron chi connectivity index (χ0n) is 12.8. The zero-order valence-corrected chi connectivity index (χ0v) is 13.6. The average Bonchev–Trinajstić information content (AvgIpc) is 3.04. The normalized spacial score (nSPS) is 12.8. The summed E-state index contributed by atoms with van der Waals surface area (Å²) in [5, 5.41) is 9.33. The minimum absolute atomic E-state index is 0.331. The lowest BCUT2D eigenvalue weighted by molar-refractivity contribution is 0.521. The molecule has 0 amide bonds. The van der Waals surface area contributed by atoms with Crippen molar-refractivity contribution in [1.82, 2.24) is 20.1 Å². The zero-order chi connectivity index (χ0) is 14.5. The number of nitrogens with zero attached hydrogens (tertiary/aromatic N) is 3. The van der Waals surface area contributed by atoms with Crippen molar-refractivity contribution in [2.75, 3.05) is 6.54 Å². The molecular weight excluding hydrogens is 268 g/mol. The molecule has 1 N–H and O–H groups in total. The Bertz CT molecular complexity index is 544. The second-order valence-corrected chi connectivity index (χ2v) is 6.16. The van der Waals surface area contributed by atoms with Gasteiger partial charge in [0.05, 0.1) is 10.7 Å². The first kappa shape index (κ1) is 15.2. The van der Waals surface area contributed by atoms with Crippen molar-refractivity contribution in [2.24, 2.45) is 0 Å². The van der Waals surface area contributed by atoms with E-state index in [1.165, 1.54) is 16.3 Å². The van der Waals surface area contributed by atoms with E-state index in [0.29, 0.717) is 6.04 Å². The number of hydrogen-bond acceptors (Lipinski definition) is 4. The van der Waals surface area contributed by atoms with Crippen LogP contribution < -0.4 is 5.32 Å². The van der Waals surface area contributed by atoms with Crippen molar-refractivity contribution in [1.29, 1.82) is 0 Å². The predicted octanol–water partition coefficient (Wildman–Crippen LogP) is 3.12. The van der Waals surface area contributed by atoms with Gasteiger partial charge < -0.3 is 5.32 Å². The molecule has 0 aliphatic carbocycles. The summed E-state index contributed by atoms with van der Waals surface area (Å²) in [6.07, 6.45) is 3.96. The summed E-state index contributed by atoms with van der Waals surface area (Å²) in [6.45, 7) is 10.4. The van der Waals surface area contributed by atoms with Crippen molar-refractivity contribution in [3.05, 3.63) is 33.5 Å². The van der Waals surface area contributed by atoms with Gasteiger partial charge in [-0.05, 0) is 32.9 Å². The first-order chi connectivity index (χ1) is 9.67. The largest absolute Gasteiger partial charge is 0.309 e. The summed E-state index contributed by atoms with van der Waals surface area (Å²) in [6, 6.07) is 2.57. The minimum Gasteiger partial charge on any atom is -0.309 e. The summed E-state index contributed by atoms with van der Waals surface area (Å²) in [5.41, 5.74) is 2.49. The topological polar surface area (TPSA) is 42.7 Å². The van der Waals surface area contributed by atoms with E-state index in [-0.39, 0.29) is 0 Å². The molecule has 20 heavy (non-hydrogen) atoms. The summed E-state index contributed by atoms with van der Waals surface area (Å²) in [5.74, 6) is 0. The fraction of sp³-hybridized carbons (Fsp3) is 0.600. The molecule has 4 nitrogen and oxygen atoms in total. The van der Waals surface area contributed by atoms with Gasteiger partial charge in [0.15, 0.2) is 0 Å². The van der Waals surface area contributed by atoms with E-state index in [0.717, 1.165) is 30.9 Å². The number of nitrogens with one attached hydrogen (secondary N) is 1. The Labute approximate surface area is 125 Å². The number of aromatic nitrogens is 3. The summed E-state index contributed by atoms with van der Waals surface area (Å²) < 4.78 is 2.12. The van der Waals surface area contributed by atoms with Crippen molar-refractivity contribution in [3.8, 4) is 0 Å². The van der Waals surface area contributed by atoms with Gasteiger partial charge in [-0.1, -0.05) is 13.8 Å². The van der Waals surface area contributed by atoms with Gasteiger partial charge in [0, 0.05) is 35.8 Å². The van der Waals surface area contributed by atoms with Crippen molar-refractivity contribution in [3.63, 3.8) is 0 Å². The SMILES string of the molecule is CCNC(Cc1cc(CC)nn1CC)c1cnc(C)s1. The van der Waals surface area contributed by atoms with Crippen molar-refractivity contribution in [2.45, 2.75) is 53.1 Å². The van der Waals surface area contributed by atoms with Crippen molar-refractivity contribution < 1.29 is 0 Å². The fourth-order valence-corrected chi connectivity index (χ4v) is 3.25. The van der Waals surface area contributed by atoms with Crippen LogP contribution in [0.15, 0.2) is 12.3 Å². The van der Waals surface area contributed by atoms with Crippen molar-refractivity contribution >= 4 is 11.3 Å². The monoisotopic (exact) mass is 292 g/mol. The molecule has 0 bridgehead atoms. The molecule has 110 valence electrons. The highest BCUT2D eigenvalue weighted by atomic mass is 32.1. The Hall–Kier alpha value is -1.20. The summed E-state index contributed by atoms with van der Waals surface area (Å²) in [7, 11) is 0. The Morgan fingerprint density at radius 3 is 2.70 bits per heavy atom. The highest BCUT2D eigenvalue weighted by Crippen LogP contribution is 2.24. The maximum Gasteiger partial charge on any atom is 0.0897 e. The van der Waals surface area contributed by atoms with Gasteiger partial charge in [-0.25, -0.2) is 4.98 Å². The van der Waals surface area contributed by atoms with E-state index in [9.17, 15) is 0 Å². The number of likely N-dealkylation sites (N-methyl/N-ethyl adjacent to an activating group) is 1. The molecule has 2 rings (SSSR count). The highest BCUT2D eigenvalue weighted by molar-refractivity contribution is 7.11. The molecule has 0 aliphatic rings. The molecule has 2 aromatic heterocycles.